The summed E-state index contributed by atoms with van der Waals surface area (Å²) in [5.74, 6) is -0.155. The number of nitrogens with zero attached hydrogens (tertiary/aromatic N) is 2. The van der Waals surface area contributed by atoms with Crippen LogP contribution in [0.15, 0.2) is 47.4 Å². The fourth-order valence-electron chi connectivity index (χ4n) is 3.02. The maximum atomic E-state index is 12.6. The standard InChI is InChI=1S/C23H33N3O3S/c1-23(2,3)18-11-8-17(9-12-18)10-15-22(27)24-20-16-19(30(28,29)26(6)7)13-14-21(20)25(4)5/h8-9,11-14,16H,10,15H2,1-7H3,(H,24,27). The van der Waals surface area contributed by atoms with Crippen LogP contribution in [0.3, 0.4) is 0 Å². The van der Waals surface area contributed by atoms with Crippen LogP contribution >= 0.6 is 0 Å². The molecule has 0 saturated heterocycles. The van der Waals surface area contributed by atoms with E-state index in [0.29, 0.717) is 18.5 Å². The van der Waals surface area contributed by atoms with Crippen LogP contribution in [0.1, 0.15) is 38.3 Å². The van der Waals surface area contributed by atoms with Gasteiger partial charge in [0, 0.05) is 34.6 Å². The van der Waals surface area contributed by atoms with Gasteiger partial charge < -0.3 is 10.2 Å². The maximum absolute atomic E-state index is 12.6. The molecule has 0 aliphatic carbocycles. The molecule has 2 rings (SSSR count). The highest BCUT2D eigenvalue weighted by Gasteiger charge is 2.20. The van der Waals surface area contributed by atoms with Crippen molar-refractivity contribution < 1.29 is 13.2 Å². The van der Waals surface area contributed by atoms with E-state index in [0.717, 1.165) is 15.6 Å². The molecule has 0 unspecified atom stereocenters. The quantitative estimate of drug-likeness (QED) is 0.722. The SMILES string of the molecule is CN(C)c1ccc(S(=O)(=O)N(C)C)cc1NC(=O)CCc1ccc(C(C)(C)C)cc1. The van der Waals surface area contributed by atoms with Gasteiger partial charge in [0.05, 0.1) is 16.3 Å². The van der Waals surface area contributed by atoms with Gasteiger partial charge in [-0.1, -0.05) is 45.0 Å². The molecule has 0 aliphatic heterocycles. The van der Waals surface area contributed by atoms with E-state index in [1.807, 2.05) is 19.0 Å². The van der Waals surface area contributed by atoms with E-state index in [4.69, 9.17) is 0 Å². The van der Waals surface area contributed by atoms with Crippen molar-refractivity contribution in [3.8, 4) is 0 Å². The molecule has 0 heterocycles. The summed E-state index contributed by atoms with van der Waals surface area (Å²) in [6, 6.07) is 13.1. The van der Waals surface area contributed by atoms with Gasteiger partial charge in [0.1, 0.15) is 0 Å². The number of anilines is 2. The highest BCUT2D eigenvalue weighted by Crippen LogP contribution is 2.29. The van der Waals surface area contributed by atoms with Crippen molar-refractivity contribution in [3.63, 3.8) is 0 Å². The van der Waals surface area contributed by atoms with Gasteiger partial charge in [-0.2, -0.15) is 0 Å². The highest BCUT2D eigenvalue weighted by molar-refractivity contribution is 7.89. The summed E-state index contributed by atoms with van der Waals surface area (Å²) in [5, 5.41) is 2.89. The summed E-state index contributed by atoms with van der Waals surface area (Å²) in [5.41, 5.74) is 3.67. The Morgan fingerprint density at radius 2 is 1.57 bits per heavy atom. The van der Waals surface area contributed by atoms with Crippen LogP contribution in [-0.4, -0.2) is 46.8 Å². The summed E-state index contributed by atoms with van der Waals surface area (Å²) >= 11 is 0. The smallest absolute Gasteiger partial charge is 0.242 e. The number of carbonyl (C=O) groups is 1. The molecule has 7 heteroatoms. The van der Waals surface area contributed by atoms with Crippen LogP contribution in [0.5, 0.6) is 0 Å². The van der Waals surface area contributed by atoms with Crippen molar-refractivity contribution in [3.05, 3.63) is 53.6 Å². The number of aryl methyl sites for hydroxylation is 1. The first-order valence-electron chi connectivity index (χ1n) is 9.95. The van der Waals surface area contributed by atoms with Gasteiger partial charge in [-0.15, -0.1) is 0 Å². The molecule has 0 radical (unpaired) electrons. The minimum Gasteiger partial charge on any atom is -0.376 e. The van der Waals surface area contributed by atoms with Crippen LogP contribution in [-0.2, 0) is 26.7 Å². The van der Waals surface area contributed by atoms with Crippen molar-refractivity contribution >= 4 is 27.3 Å². The predicted octanol–water partition coefficient (Wildman–Crippen LogP) is 3.87. The summed E-state index contributed by atoms with van der Waals surface area (Å²) in [6.07, 6.45) is 0.926. The highest BCUT2D eigenvalue weighted by atomic mass is 32.2. The number of benzene rings is 2. The van der Waals surface area contributed by atoms with Gasteiger partial charge in [-0.3, -0.25) is 4.79 Å². The Kier molecular flexibility index (Phi) is 7.31. The molecule has 164 valence electrons. The summed E-state index contributed by atoms with van der Waals surface area (Å²) in [6.45, 7) is 6.51. The predicted molar refractivity (Wildman–Crippen MR) is 124 cm³/mol. The Hall–Kier alpha value is -2.38. The number of rotatable bonds is 7. The van der Waals surface area contributed by atoms with Gasteiger partial charge in [-0.05, 0) is 41.2 Å². The molecule has 0 aromatic heterocycles. The first-order chi connectivity index (χ1) is 13.8. The Bertz CT molecular complexity index is 989. The molecular weight excluding hydrogens is 398 g/mol. The van der Waals surface area contributed by atoms with Gasteiger partial charge in [-0.25, -0.2) is 12.7 Å². The van der Waals surface area contributed by atoms with Crippen molar-refractivity contribution in [2.75, 3.05) is 38.4 Å². The Labute approximate surface area is 180 Å². The second-order valence-corrected chi connectivity index (χ2v) is 11.0. The molecule has 1 amide bonds. The molecule has 6 nitrogen and oxygen atoms in total. The number of nitrogens with one attached hydrogen (secondary N) is 1. The summed E-state index contributed by atoms with van der Waals surface area (Å²) < 4.78 is 26.1. The molecular formula is C23H33N3O3S. The molecule has 1 N–H and O–H groups in total. The molecule has 0 bridgehead atoms. The van der Waals surface area contributed by atoms with Crippen LogP contribution in [0.25, 0.3) is 0 Å². The number of hydrogen-bond donors (Lipinski definition) is 1. The molecule has 0 spiro atoms. The lowest BCUT2D eigenvalue weighted by molar-refractivity contribution is -0.116. The molecule has 0 saturated carbocycles. The fraction of sp³-hybridized carbons (Fsp3) is 0.435. The van der Waals surface area contributed by atoms with E-state index >= 15 is 0 Å². The van der Waals surface area contributed by atoms with Crippen LogP contribution < -0.4 is 10.2 Å². The van der Waals surface area contributed by atoms with E-state index < -0.39 is 10.0 Å². The maximum Gasteiger partial charge on any atom is 0.242 e. The summed E-state index contributed by atoms with van der Waals surface area (Å²) in [4.78, 5) is 14.6. The Morgan fingerprint density at radius 3 is 2.07 bits per heavy atom. The zero-order valence-electron chi connectivity index (χ0n) is 19.0. The molecule has 0 aliphatic rings. The minimum atomic E-state index is -3.59. The average molecular weight is 432 g/mol. The van der Waals surface area contributed by atoms with E-state index in [2.05, 4.69) is 50.4 Å². The van der Waals surface area contributed by atoms with Crippen LogP contribution in [0, 0.1) is 0 Å². The largest absolute Gasteiger partial charge is 0.376 e. The summed E-state index contributed by atoms with van der Waals surface area (Å²) in [7, 11) is 3.08. The van der Waals surface area contributed by atoms with E-state index in [9.17, 15) is 13.2 Å². The van der Waals surface area contributed by atoms with Gasteiger partial charge in [0.2, 0.25) is 15.9 Å². The van der Waals surface area contributed by atoms with E-state index in [-0.39, 0.29) is 16.2 Å². The lowest BCUT2D eigenvalue weighted by atomic mass is 9.86. The van der Waals surface area contributed by atoms with Gasteiger partial charge >= 0.3 is 0 Å². The molecule has 0 atom stereocenters. The molecule has 2 aromatic rings. The third kappa shape index (κ3) is 5.83. The Balaban J connectivity index is 2.15. The minimum absolute atomic E-state index is 0.0936. The third-order valence-electron chi connectivity index (χ3n) is 4.96. The number of hydrogen-bond acceptors (Lipinski definition) is 4. The monoisotopic (exact) mass is 431 g/mol. The average Bonchev–Trinajstić information content (AvgIpc) is 2.65. The van der Waals surface area contributed by atoms with Gasteiger partial charge in [0.15, 0.2) is 0 Å². The lowest BCUT2D eigenvalue weighted by Crippen LogP contribution is -2.23. The second-order valence-electron chi connectivity index (χ2n) is 8.86. The lowest BCUT2D eigenvalue weighted by Gasteiger charge is -2.20. The van der Waals surface area contributed by atoms with E-state index in [1.165, 1.54) is 25.7 Å². The van der Waals surface area contributed by atoms with Gasteiger partial charge in [0.25, 0.3) is 0 Å². The number of carbonyl (C=O) groups excluding carboxylic acids is 1. The van der Waals surface area contributed by atoms with Crippen LogP contribution in [0.2, 0.25) is 0 Å². The second kappa shape index (κ2) is 9.18. The van der Waals surface area contributed by atoms with E-state index in [1.54, 1.807) is 12.1 Å². The van der Waals surface area contributed by atoms with Crippen molar-refractivity contribution in [1.29, 1.82) is 0 Å². The topological polar surface area (TPSA) is 69.7 Å². The number of amides is 1. The number of sulfonamides is 1. The molecule has 2 aromatic carbocycles. The van der Waals surface area contributed by atoms with Crippen molar-refractivity contribution in [1.82, 2.24) is 4.31 Å². The first-order valence-corrected chi connectivity index (χ1v) is 11.4. The van der Waals surface area contributed by atoms with Crippen molar-refractivity contribution in [2.45, 2.75) is 43.9 Å². The molecule has 30 heavy (non-hydrogen) atoms. The normalized spacial score (nSPS) is 12.1. The van der Waals surface area contributed by atoms with Crippen molar-refractivity contribution in [2.24, 2.45) is 0 Å². The third-order valence-corrected chi connectivity index (χ3v) is 6.77. The zero-order chi connectivity index (χ0) is 22.7. The Morgan fingerprint density at radius 1 is 0.967 bits per heavy atom. The fourth-order valence-corrected chi connectivity index (χ4v) is 3.95. The van der Waals surface area contributed by atoms with Crippen LogP contribution in [0.4, 0.5) is 11.4 Å². The molecule has 0 fully saturated rings. The first kappa shape index (κ1) is 23.9. The zero-order valence-corrected chi connectivity index (χ0v) is 19.8.